The molecule has 1 saturated carbocycles. The summed E-state index contributed by atoms with van der Waals surface area (Å²) in [6.07, 6.45) is 5.77. The van der Waals surface area contributed by atoms with Gasteiger partial charge in [0.15, 0.2) is 11.0 Å². The normalized spacial score (nSPS) is 19.0. The highest BCUT2D eigenvalue weighted by Gasteiger charge is 2.31. The van der Waals surface area contributed by atoms with Crippen molar-refractivity contribution < 1.29 is 9.59 Å². The van der Waals surface area contributed by atoms with Crippen molar-refractivity contribution in [3.63, 3.8) is 0 Å². The van der Waals surface area contributed by atoms with Crippen LogP contribution in [0.2, 0.25) is 5.02 Å². The number of hydrogen-bond acceptors (Lipinski definition) is 5. The van der Waals surface area contributed by atoms with Crippen LogP contribution in [0.3, 0.4) is 0 Å². The zero-order valence-electron chi connectivity index (χ0n) is 17.7. The molecule has 9 heteroatoms. The maximum atomic E-state index is 13.1. The van der Waals surface area contributed by atoms with Crippen molar-refractivity contribution in [3.05, 3.63) is 29.3 Å². The number of piperidine rings is 1. The number of nitrogens with zero attached hydrogens (tertiary/aromatic N) is 4. The van der Waals surface area contributed by atoms with Crippen LogP contribution in [0.15, 0.2) is 29.4 Å². The summed E-state index contributed by atoms with van der Waals surface area (Å²) in [6, 6.07) is 7.99. The summed E-state index contributed by atoms with van der Waals surface area (Å²) in [5, 5.41) is 10.1. The van der Waals surface area contributed by atoms with Gasteiger partial charge >= 0.3 is 0 Å². The van der Waals surface area contributed by atoms with Crippen LogP contribution in [0.5, 0.6) is 0 Å². The molecule has 0 radical (unpaired) electrons. The van der Waals surface area contributed by atoms with Crippen molar-refractivity contribution in [2.24, 2.45) is 11.7 Å². The van der Waals surface area contributed by atoms with E-state index in [-0.39, 0.29) is 23.0 Å². The lowest BCUT2D eigenvalue weighted by molar-refractivity contribution is -0.134. The van der Waals surface area contributed by atoms with Gasteiger partial charge in [0.1, 0.15) is 0 Å². The van der Waals surface area contributed by atoms with Gasteiger partial charge in [-0.05, 0) is 44.7 Å². The van der Waals surface area contributed by atoms with E-state index >= 15 is 0 Å². The molecule has 0 spiro atoms. The van der Waals surface area contributed by atoms with Crippen molar-refractivity contribution in [1.82, 2.24) is 19.7 Å². The molecular weight excluding hydrogens is 434 g/mol. The van der Waals surface area contributed by atoms with Crippen molar-refractivity contribution in [3.8, 4) is 11.4 Å². The first-order chi connectivity index (χ1) is 15.0. The summed E-state index contributed by atoms with van der Waals surface area (Å²) < 4.78 is 2.18. The van der Waals surface area contributed by atoms with Crippen LogP contribution in [0, 0.1) is 5.92 Å². The number of rotatable bonds is 6. The number of carbonyl (C=O) groups is 2. The molecule has 0 bridgehead atoms. The highest BCUT2D eigenvalue weighted by atomic mass is 35.5. The van der Waals surface area contributed by atoms with E-state index in [1.807, 2.05) is 36.1 Å². The minimum atomic E-state index is -0.298. The number of aromatic nitrogens is 3. The van der Waals surface area contributed by atoms with Crippen LogP contribution in [0.4, 0.5) is 0 Å². The summed E-state index contributed by atoms with van der Waals surface area (Å²) in [4.78, 5) is 26.3. The van der Waals surface area contributed by atoms with Gasteiger partial charge in [-0.2, -0.15) is 0 Å². The molecule has 2 fully saturated rings. The third kappa shape index (κ3) is 4.75. The van der Waals surface area contributed by atoms with Crippen LogP contribution in [-0.4, -0.2) is 49.8 Å². The molecule has 1 aromatic carbocycles. The standard InChI is InChI=1S/C22H28ClN5O2S/c1-14(21(30)27-12-10-15(11-13-27)19(24)29)31-22-26-25-20(17-8-4-5-9-18(17)23)28(22)16-6-2-3-7-16/h4-5,8-9,14-16H,2-3,6-7,10-13H2,1H3,(H2,24,29). The second-order valence-corrected chi connectivity index (χ2v) is 10.1. The van der Waals surface area contributed by atoms with E-state index in [9.17, 15) is 9.59 Å². The highest BCUT2D eigenvalue weighted by Crippen LogP contribution is 2.39. The number of likely N-dealkylation sites (tertiary alicyclic amines) is 1. The molecule has 1 aliphatic heterocycles. The predicted molar refractivity (Wildman–Crippen MR) is 122 cm³/mol. The van der Waals surface area contributed by atoms with E-state index in [4.69, 9.17) is 17.3 Å². The molecule has 2 aromatic rings. The highest BCUT2D eigenvalue weighted by molar-refractivity contribution is 8.00. The average Bonchev–Trinajstić information content (AvgIpc) is 3.43. The summed E-state index contributed by atoms with van der Waals surface area (Å²) in [6.45, 7) is 3.05. The minimum Gasteiger partial charge on any atom is -0.369 e. The quantitative estimate of drug-likeness (QED) is 0.658. The van der Waals surface area contributed by atoms with Crippen LogP contribution in [0.25, 0.3) is 11.4 Å². The van der Waals surface area contributed by atoms with E-state index in [1.54, 1.807) is 0 Å². The molecule has 1 atom stereocenters. The maximum Gasteiger partial charge on any atom is 0.235 e. The van der Waals surface area contributed by atoms with Crippen LogP contribution < -0.4 is 5.73 Å². The summed E-state index contributed by atoms with van der Waals surface area (Å²) in [5.74, 6) is 0.428. The topological polar surface area (TPSA) is 94.1 Å². The number of primary amides is 1. The van der Waals surface area contributed by atoms with Gasteiger partial charge < -0.3 is 10.6 Å². The Hall–Kier alpha value is -2.06. The van der Waals surface area contributed by atoms with Gasteiger partial charge in [-0.15, -0.1) is 10.2 Å². The monoisotopic (exact) mass is 461 g/mol. The van der Waals surface area contributed by atoms with E-state index in [0.717, 1.165) is 29.4 Å². The van der Waals surface area contributed by atoms with Gasteiger partial charge in [0.25, 0.3) is 0 Å². The minimum absolute atomic E-state index is 0.0631. The molecule has 2 N–H and O–H groups in total. The first kappa shape index (κ1) is 22.1. The van der Waals surface area contributed by atoms with Gasteiger partial charge in [-0.1, -0.05) is 48.3 Å². The number of halogens is 1. The van der Waals surface area contributed by atoms with Gasteiger partial charge in [-0.25, -0.2) is 0 Å². The summed E-state index contributed by atoms with van der Waals surface area (Å²) in [7, 11) is 0. The van der Waals surface area contributed by atoms with Gasteiger partial charge in [-0.3, -0.25) is 14.2 Å². The Morgan fingerprint density at radius 1 is 1.13 bits per heavy atom. The number of carbonyl (C=O) groups excluding carboxylic acids is 2. The van der Waals surface area contributed by atoms with Crippen molar-refractivity contribution in [1.29, 1.82) is 0 Å². The Morgan fingerprint density at radius 2 is 1.81 bits per heavy atom. The molecule has 7 nitrogen and oxygen atoms in total. The summed E-state index contributed by atoms with van der Waals surface area (Å²) >= 11 is 7.91. The molecule has 1 unspecified atom stereocenters. The number of amides is 2. The van der Waals surface area contributed by atoms with E-state index in [2.05, 4.69) is 14.8 Å². The Balaban J connectivity index is 1.53. The fourth-order valence-electron chi connectivity index (χ4n) is 4.53. The SMILES string of the molecule is CC(Sc1nnc(-c2ccccc2Cl)n1C1CCCC1)C(=O)N1CCC(C(N)=O)CC1. The van der Waals surface area contributed by atoms with Crippen LogP contribution in [-0.2, 0) is 9.59 Å². The number of benzene rings is 1. The molecule has 1 saturated heterocycles. The molecule has 2 aliphatic rings. The van der Waals surface area contributed by atoms with Crippen LogP contribution in [0.1, 0.15) is 51.5 Å². The predicted octanol–water partition coefficient (Wildman–Crippen LogP) is 3.92. The average molecular weight is 462 g/mol. The summed E-state index contributed by atoms with van der Waals surface area (Å²) in [5.41, 5.74) is 6.28. The lowest BCUT2D eigenvalue weighted by atomic mass is 9.96. The lowest BCUT2D eigenvalue weighted by Gasteiger charge is -2.32. The van der Waals surface area contributed by atoms with E-state index in [0.29, 0.717) is 37.0 Å². The third-order valence-electron chi connectivity index (χ3n) is 6.31. The molecule has 31 heavy (non-hydrogen) atoms. The van der Waals surface area contributed by atoms with Crippen molar-refractivity contribution >= 4 is 35.2 Å². The zero-order chi connectivity index (χ0) is 22.0. The fourth-order valence-corrected chi connectivity index (χ4v) is 5.75. The van der Waals surface area contributed by atoms with E-state index in [1.165, 1.54) is 24.6 Å². The van der Waals surface area contributed by atoms with Gasteiger partial charge in [0, 0.05) is 30.6 Å². The first-order valence-electron chi connectivity index (χ1n) is 10.9. The molecule has 2 heterocycles. The first-order valence-corrected chi connectivity index (χ1v) is 12.2. The third-order valence-corrected chi connectivity index (χ3v) is 7.68. The second kappa shape index (κ2) is 9.61. The van der Waals surface area contributed by atoms with Gasteiger partial charge in [0.05, 0.1) is 10.3 Å². The number of nitrogens with two attached hydrogens (primary N) is 1. The molecule has 1 aliphatic carbocycles. The number of thioether (sulfide) groups is 1. The second-order valence-electron chi connectivity index (χ2n) is 8.36. The zero-order valence-corrected chi connectivity index (χ0v) is 19.2. The largest absolute Gasteiger partial charge is 0.369 e. The Morgan fingerprint density at radius 3 is 2.45 bits per heavy atom. The Bertz CT molecular complexity index is 951. The molecule has 2 amide bonds. The Labute approximate surface area is 191 Å². The molecular formula is C22H28ClN5O2S. The van der Waals surface area contributed by atoms with Crippen molar-refractivity contribution in [2.45, 2.75) is 61.9 Å². The molecule has 166 valence electrons. The fraction of sp³-hybridized carbons (Fsp3) is 0.545. The van der Waals surface area contributed by atoms with Gasteiger partial charge in [0.2, 0.25) is 11.8 Å². The molecule has 4 rings (SSSR count). The lowest BCUT2D eigenvalue weighted by Crippen LogP contribution is -2.44. The smallest absolute Gasteiger partial charge is 0.235 e. The molecule has 1 aromatic heterocycles. The maximum absolute atomic E-state index is 13.1. The van der Waals surface area contributed by atoms with Crippen molar-refractivity contribution in [2.75, 3.05) is 13.1 Å². The van der Waals surface area contributed by atoms with E-state index < -0.39 is 0 Å². The Kier molecular flexibility index (Phi) is 6.86. The van der Waals surface area contributed by atoms with Crippen LogP contribution >= 0.6 is 23.4 Å². The number of hydrogen-bond donors (Lipinski definition) is 1.